The summed E-state index contributed by atoms with van der Waals surface area (Å²) < 4.78 is 10.1. The zero-order valence-electron chi connectivity index (χ0n) is 10.9. The van der Waals surface area contributed by atoms with Crippen molar-refractivity contribution in [3.8, 4) is 5.75 Å². The largest absolute Gasteiger partial charge is 0.495 e. The van der Waals surface area contributed by atoms with Crippen LogP contribution in [0.4, 0.5) is 5.69 Å². The van der Waals surface area contributed by atoms with Crippen molar-refractivity contribution in [1.82, 2.24) is 0 Å². The van der Waals surface area contributed by atoms with Crippen LogP contribution in [0.15, 0.2) is 18.2 Å². The highest BCUT2D eigenvalue weighted by atomic mass is 16.5. The molecule has 0 radical (unpaired) electrons. The first-order chi connectivity index (χ1) is 9.08. The lowest BCUT2D eigenvalue weighted by atomic mass is 10.2. The topological polar surface area (TPSA) is 84.9 Å². The predicted molar refractivity (Wildman–Crippen MR) is 69.7 cm³/mol. The number of carbonyl (C=O) groups excluding carboxylic acids is 1. The average molecular weight is 267 g/mol. The zero-order chi connectivity index (χ0) is 14.3. The average Bonchev–Trinajstić information content (AvgIpc) is 2.39. The molecule has 0 aromatic heterocycles. The van der Waals surface area contributed by atoms with Crippen LogP contribution in [0.2, 0.25) is 0 Å². The highest BCUT2D eigenvalue weighted by Crippen LogP contribution is 2.25. The summed E-state index contributed by atoms with van der Waals surface area (Å²) in [5, 5.41) is 11.5. The molecular formula is C13H17NO5. The van der Waals surface area contributed by atoms with Gasteiger partial charge in [-0.1, -0.05) is 0 Å². The molecule has 0 aliphatic rings. The third-order valence-electron chi connectivity index (χ3n) is 2.40. The molecule has 0 atom stereocenters. The number of aromatic carboxylic acids is 1. The van der Waals surface area contributed by atoms with Crippen molar-refractivity contribution < 1.29 is 24.2 Å². The van der Waals surface area contributed by atoms with Gasteiger partial charge in [-0.3, -0.25) is 4.79 Å². The Bertz CT molecular complexity index is 458. The molecule has 0 spiro atoms. The van der Waals surface area contributed by atoms with E-state index >= 15 is 0 Å². The van der Waals surface area contributed by atoms with Gasteiger partial charge in [-0.25, -0.2) is 4.79 Å². The van der Waals surface area contributed by atoms with Crippen molar-refractivity contribution >= 4 is 17.6 Å². The maximum absolute atomic E-state index is 11.6. The van der Waals surface area contributed by atoms with Crippen molar-refractivity contribution in [2.45, 2.75) is 13.3 Å². The third kappa shape index (κ3) is 4.59. The van der Waals surface area contributed by atoms with Gasteiger partial charge in [0, 0.05) is 6.61 Å². The predicted octanol–water partition coefficient (Wildman–Crippen LogP) is 1.76. The summed E-state index contributed by atoms with van der Waals surface area (Å²) in [6.07, 6.45) is 0.234. The fourth-order valence-corrected chi connectivity index (χ4v) is 1.45. The summed E-state index contributed by atoms with van der Waals surface area (Å²) in [7, 11) is 1.41. The molecule has 19 heavy (non-hydrogen) atoms. The Morgan fingerprint density at radius 2 is 2.11 bits per heavy atom. The lowest BCUT2D eigenvalue weighted by Gasteiger charge is -2.10. The van der Waals surface area contributed by atoms with E-state index in [4.69, 9.17) is 14.6 Å². The number of hydrogen-bond acceptors (Lipinski definition) is 4. The van der Waals surface area contributed by atoms with Gasteiger partial charge in [0.25, 0.3) is 0 Å². The number of nitrogens with one attached hydrogen (secondary N) is 1. The summed E-state index contributed by atoms with van der Waals surface area (Å²) >= 11 is 0. The Hall–Kier alpha value is -2.08. The molecule has 0 saturated carbocycles. The molecule has 1 rings (SSSR count). The van der Waals surface area contributed by atoms with E-state index in [1.54, 1.807) is 0 Å². The molecular weight excluding hydrogens is 250 g/mol. The molecule has 6 nitrogen and oxygen atoms in total. The summed E-state index contributed by atoms with van der Waals surface area (Å²) in [6, 6.07) is 4.27. The first-order valence-corrected chi connectivity index (χ1v) is 5.87. The fourth-order valence-electron chi connectivity index (χ4n) is 1.45. The van der Waals surface area contributed by atoms with Crippen LogP contribution < -0.4 is 10.1 Å². The van der Waals surface area contributed by atoms with Gasteiger partial charge in [-0.2, -0.15) is 0 Å². The molecule has 0 unspecified atom stereocenters. The minimum atomic E-state index is -1.05. The number of hydrogen-bond donors (Lipinski definition) is 2. The van der Waals surface area contributed by atoms with Crippen LogP contribution in [0.25, 0.3) is 0 Å². The molecule has 1 amide bonds. The SMILES string of the molecule is CCOCCC(=O)Nc1ccc(C(=O)O)cc1OC. The van der Waals surface area contributed by atoms with Crippen LogP contribution in [-0.2, 0) is 9.53 Å². The van der Waals surface area contributed by atoms with Crippen LogP contribution in [0.3, 0.4) is 0 Å². The Kier molecular flexibility index (Phi) is 5.81. The molecule has 1 aromatic rings. The third-order valence-corrected chi connectivity index (χ3v) is 2.40. The van der Waals surface area contributed by atoms with E-state index in [1.165, 1.54) is 25.3 Å². The molecule has 0 aliphatic carbocycles. The van der Waals surface area contributed by atoms with E-state index in [1.807, 2.05) is 6.92 Å². The van der Waals surface area contributed by atoms with Crippen LogP contribution >= 0.6 is 0 Å². The number of carbonyl (C=O) groups is 2. The summed E-state index contributed by atoms with van der Waals surface area (Å²) in [5.41, 5.74) is 0.540. The molecule has 0 bridgehead atoms. The van der Waals surface area contributed by atoms with Gasteiger partial charge in [0.15, 0.2) is 0 Å². The van der Waals surface area contributed by atoms with Crippen molar-refractivity contribution in [2.75, 3.05) is 25.6 Å². The van der Waals surface area contributed by atoms with Crippen LogP contribution in [-0.4, -0.2) is 37.3 Å². The molecule has 6 heteroatoms. The van der Waals surface area contributed by atoms with E-state index < -0.39 is 5.97 Å². The number of benzene rings is 1. The number of methoxy groups -OCH3 is 1. The smallest absolute Gasteiger partial charge is 0.335 e. The van der Waals surface area contributed by atoms with Gasteiger partial charge >= 0.3 is 5.97 Å². The van der Waals surface area contributed by atoms with Gasteiger partial charge in [-0.05, 0) is 25.1 Å². The minimum absolute atomic E-state index is 0.101. The standard InChI is InChI=1S/C13H17NO5/c1-3-19-7-6-12(15)14-10-5-4-9(13(16)17)8-11(10)18-2/h4-5,8H,3,6-7H2,1-2H3,(H,14,15)(H,16,17). The number of rotatable bonds is 7. The van der Waals surface area contributed by atoms with Crippen LogP contribution in [0.5, 0.6) is 5.75 Å². The Balaban J connectivity index is 2.72. The van der Waals surface area contributed by atoms with Crippen molar-refractivity contribution in [2.24, 2.45) is 0 Å². The molecule has 2 N–H and O–H groups in total. The number of carboxylic acid groups (broad SMARTS) is 1. The van der Waals surface area contributed by atoms with E-state index in [-0.39, 0.29) is 17.9 Å². The maximum Gasteiger partial charge on any atom is 0.335 e. The van der Waals surface area contributed by atoms with E-state index in [9.17, 15) is 9.59 Å². The second-order valence-electron chi connectivity index (χ2n) is 3.72. The number of amides is 1. The Labute approximate surface area is 111 Å². The molecule has 0 fully saturated rings. The van der Waals surface area contributed by atoms with Gasteiger partial charge < -0.3 is 19.9 Å². The van der Waals surface area contributed by atoms with E-state index in [0.717, 1.165) is 0 Å². The molecule has 0 saturated heterocycles. The molecule has 1 aromatic carbocycles. The van der Waals surface area contributed by atoms with Crippen molar-refractivity contribution in [1.29, 1.82) is 0 Å². The van der Waals surface area contributed by atoms with Crippen molar-refractivity contribution in [3.05, 3.63) is 23.8 Å². The number of anilines is 1. The maximum atomic E-state index is 11.6. The van der Waals surface area contributed by atoms with Crippen molar-refractivity contribution in [3.63, 3.8) is 0 Å². The van der Waals surface area contributed by atoms with Gasteiger partial charge in [-0.15, -0.1) is 0 Å². The first-order valence-electron chi connectivity index (χ1n) is 5.87. The van der Waals surface area contributed by atoms with Gasteiger partial charge in [0.05, 0.1) is 31.4 Å². The van der Waals surface area contributed by atoms with Gasteiger partial charge in [0.2, 0.25) is 5.91 Å². The van der Waals surface area contributed by atoms with Crippen LogP contribution in [0.1, 0.15) is 23.7 Å². The molecule has 0 heterocycles. The van der Waals surface area contributed by atoms with E-state index in [0.29, 0.717) is 24.7 Å². The minimum Gasteiger partial charge on any atom is -0.495 e. The van der Waals surface area contributed by atoms with E-state index in [2.05, 4.69) is 5.32 Å². The monoisotopic (exact) mass is 267 g/mol. The quantitative estimate of drug-likeness (QED) is 0.735. The highest BCUT2D eigenvalue weighted by Gasteiger charge is 2.11. The first kappa shape index (κ1) is 15.0. The fraction of sp³-hybridized carbons (Fsp3) is 0.385. The molecule has 104 valence electrons. The summed E-state index contributed by atoms with van der Waals surface area (Å²) in [6.45, 7) is 2.76. The second kappa shape index (κ2) is 7.38. The number of carboxylic acids is 1. The lowest BCUT2D eigenvalue weighted by Crippen LogP contribution is -2.15. The second-order valence-corrected chi connectivity index (χ2v) is 3.72. The van der Waals surface area contributed by atoms with Gasteiger partial charge in [0.1, 0.15) is 5.75 Å². The Morgan fingerprint density at radius 3 is 2.68 bits per heavy atom. The lowest BCUT2D eigenvalue weighted by molar-refractivity contribution is -0.117. The normalized spacial score (nSPS) is 10.0. The summed E-state index contributed by atoms with van der Waals surface area (Å²) in [5.74, 6) is -0.952. The number of ether oxygens (including phenoxy) is 2. The zero-order valence-corrected chi connectivity index (χ0v) is 10.9. The summed E-state index contributed by atoms with van der Waals surface area (Å²) in [4.78, 5) is 22.4. The highest BCUT2D eigenvalue weighted by molar-refractivity contribution is 5.94. The molecule has 0 aliphatic heterocycles. The Morgan fingerprint density at radius 1 is 1.37 bits per heavy atom. The van der Waals surface area contributed by atoms with Crippen LogP contribution in [0, 0.1) is 0 Å².